The van der Waals surface area contributed by atoms with Gasteiger partial charge >= 0.3 is 15.6 Å². The first kappa shape index (κ1) is 29.8. The van der Waals surface area contributed by atoms with E-state index in [1.54, 1.807) is 19.2 Å². The third-order valence-corrected chi connectivity index (χ3v) is 7.54. The van der Waals surface area contributed by atoms with E-state index < -0.39 is 46.1 Å². The zero-order valence-electron chi connectivity index (χ0n) is 21.6. The number of alkyl halides is 3. The van der Waals surface area contributed by atoms with Gasteiger partial charge in [-0.25, -0.2) is 0 Å². The van der Waals surface area contributed by atoms with Crippen molar-refractivity contribution in [3.05, 3.63) is 114 Å². The highest BCUT2D eigenvalue weighted by atomic mass is 32.2. The maximum Gasteiger partial charge on any atom is 0.523 e. The summed E-state index contributed by atoms with van der Waals surface area (Å²) in [6, 6.07) is 26.2. The standard InChI is InChI=1S/C29H29F3O7S/c1-3-18-36-27-25(37-19-26(27)39-40(33,34)29(30,31)32)20-38-28(21-10-6-4-7-11-21,22-12-8-5-9-13-22)23-14-16-24(35-2)17-15-23/h3-17,25-27H,1,18-20H2,2H3/t25-,26+,27+/m1/s1. The molecule has 3 aromatic carbocycles. The van der Waals surface area contributed by atoms with Crippen LogP contribution in [0.5, 0.6) is 5.75 Å². The Morgan fingerprint density at radius 3 is 1.98 bits per heavy atom. The number of benzene rings is 3. The van der Waals surface area contributed by atoms with Gasteiger partial charge in [0.05, 0.1) is 26.9 Å². The van der Waals surface area contributed by atoms with Crippen molar-refractivity contribution in [2.45, 2.75) is 29.4 Å². The molecule has 214 valence electrons. The first-order chi connectivity index (χ1) is 19.1. The molecular formula is C29H29F3O7S. The van der Waals surface area contributed by atoms with Crippen molar-refractivity contribution in [2.75, 3.05) is 26.9 Å². The number of halogens is 3. The van der Waals surface area contributed by atoms with Crippen LogP contribution in [0.1, 0.15) is 16.7 Å². The lowest BCUT2D eigenvalue weighted by Gasteiger charge is -2.37. The lowest BCUT2D eigenvalue weighted by molar-refractivity contribution is -0.0887. The maximum atomic E-state index is 13.0. The summed E-state index contributed by atoms with van der Waals surface area (Å²) in [5.41, 5.74) is -4.47. The number of ether oxygens (including phenoxy) is 4. The summed E-state index contributed by atoms with van der Waals surface area (Å²) in [5.74, 6) is 0.640. The van der Waals surface area contributed by atoms with Crippen LogP contribution in [-0.2, 0) is 34.1 Å². The summed E-state index contributed by atoms with van der Waals surface area (Å²) >= 11 is 0. The minimum atomic E-state index is -5.88. The van der Waals surface area contributed by atoms with Crippen molar-refractivity contribution in [1.29, 1.82) is 0 Å². The van der Waals surface area contributed by atoms with Crippen LogP contribution >= 0.6 is 0 Å². The van der Waals surface area contributed by atoms with Gasteiger partial charge in [-0.2, -0.15) is 21.6 Å². The average molecular weight is 579 g/mol. The summed E-state index contributed by atoms with van der Waals surface area (Å²) in [6.45, 7) is 2.86. The van der Waals surface area contributed by atoms with Gasteiger partial charge in [0.1, 0.15) is 29.7 Å². The minimum Gasteiger partial charge on any atom is -0.497 e. The highest BCUT2D eigenvalue weighted by molar-refractivity contribution is 7.87. The molecule has 1 saturated heterocycles. The number of hydrogen-bond acceptors (Lipinski definition) is 7. The lowest BCUT2D eigenvalue weighted by Crippen LogP contribution is -2.43. The van der Waals surface area contributed by atoms with Crippen LogP contribution in [-0.4, -0.2) is 59.2 Å². The molecule has 0 N–H and O–H groups in total. The number of hydrogen-bond donors (Lipinski definition) is 0. The first-order valence-electron chi connectivity index (χ1n) is 12.4. The van der Waals surface area contributed by atoms with E-state index in [1.165, 1.54) is 6.08 Å². The van der Waals surface area contributed by atoms with Crippen LogP contribution in [0.15, 0.2) is 97.6 Å². The van der Waals surface area contributed by atoms with Crippen LogP contribution in [0, 0.1) is 0 Å². The molecule has 3 atom stereocenters. The molecule has 0 amide bonds. The molecule has 4 rings (SSSR count). The Bertz CT molecular complexity index is 1310. The van der Waals surface area contributed by atoms with Crippen molar-refractivity contribution >= 4 is 10.1 Å². The molecule has 0 radical (unpaired) electrons. The fourth-order valence-electron chi connectivity index (χ4n) is 4.61. The van der Waals surface area contributed by atoms with E-state index in [4.69, 9.17) is 18.9 Å². The fourth-order valence-corrected chi connectivity index (χ4v) is 5.21. The van der Waals surface area contributed by atoms with Crippen LogP contribution < -0.4 is 4.74 Å². The zero-order valence-corrected chi connectivity index (χ0v) is 22.4. The molecule has 0 bridgehead atoms. The first-order valence-corrected chi connectivity index (χ1v) is 13.8. The summed E-state index contributed by atoms with van der Waals surface area (Å²) in [5, 5.41) is 0. The third-order valence-electron chi connectivity index (χ3n) is 6.47. The second kappa shape index (κ2) is 12.5. The molecule has 0 aromatic heterocycles. The van der Waals surface area contributed by atoms with Gasteiger partial charge in [0.25, 0.3) is 0 Å². The third kappa shape index (κ3) is 6.24. The molecule has 0 saturated carbocycles. The largest absolute Gasteiger partial charge is 0.523 e. The highest BCUT2D eigenvalue weighted by Crippen LogP contribution is 2.42. The van der Waals surface area contributed by atoms with Crippen LogP contribution in [0.3, 0.4) is 0 Å². The predicted molar refractivity (Wildman–Crippen MR) is 141 cm³/mol. The summed E-state index contributed by atoms with van der Waals surface area (Å²) in [6.07, 6.45) is -2.29. The molecule has 0 aliphatic carbocycles. The molecule has 1 fully saturated rings. The second-order valence-electron chi connectivity index (χ2n) is 8.95. The molecule has 40 heavy (non-hydrogen) atoms. The number of rotatable bonds is 12. The Balaban J connectivity index is 1.72. The maximum absolute atomic E-state index is 13.0. The molecule has 3 aromatic rings. The van der Waals surface area contributed by atoms with E-state index in [-0.39, 0.29) is 13.2 Å². The highest BCUT2D eigenvalue weighted by Gasteiger charge is 2.52. The zero-order chi connectivity index (χ0) is 28.8. The van der Waals surface area contributed by atoms with Crippen molar-refractivity contribution < 1.29 is 44.7 Å². The number of methoxy groups -OCH3 is 1. The van der Waals surface area contributed by atoms with E-state index in [2.05, 4.69) is 10.8 Å². The smallest absolute Gasteiger partial charge is 0.497 e. The Hall–Kier alpha value is -3.22. The average Bonchev–Trinajstić information content (AvgIpc) is 3.33. The van der Waals surface area contributed by atoms with Crippen molar-refractivity contribution in [3.8, 4) is 5.75 Å². The topological polar surface area (TPSA) is 80.3 Å². The minimum absolute atomic E-state index is 0.0720. The predicted octanol–water partition coefficient (Wildman–Crippen LogP) is 5.21. The molecule has 1 heterocycles. The van der Waals surface area contributed by atoms with Crippen LogP contribution in [0.25, 0.3) is 0 Å². The Morgan fingerprint density at radius 1 is 0.925 bits per heavy atom. The van der Waals surface area contributed by atoms with Gasteiger partial charge < -0.3 is 18.9 Å². The summed E-state index contributed by atoms with van der Waals surface area (Å²) < 4.78 is 90.5. The van der Waals surface area contributed by atoms with Gasteiger partial charge in [0, 0.05) is 0 Å². The van der Waals surface area contributed by atoms with Crippen molar-refractivity contribution in [2.24, 2.45) is 0 Å². The summed E-state index contributed by atoms with van der Waals surface area (Å²) in [4.78, 5) is 0. The Morgan fingerprint density at radius 2 is 1.48 bits per heavy atom. The quantitative estimate of drug-likeness (QED) is 0.126. The molecular weight excluding hydrogens is 549 g/mol. The second-order valence-corrected chi connectivity index (χ2v) is 10.5. The van der Waals surface area contributed by atoms with Gasteiger partial charge in [0.2, 0.25) is 0 Å². The molecule has 1 aliphatic rings. The molecule has 0 unspecified atom stereocenters. The van der Waals surface area contributed by atoms with E-state index in [1.807, 2.05) is 72.8 Å². The lowest BCUT2D eigenvalue weighted by atomic mass is 9.80. The fraction of sp³-hybridized carbons (Fsp3) is 0.310. The van der Waals surface area contributed by atoms with E-state index in [0.717, 1.165) is 16.7 Å². The molecule has 0 spiro atoms. The monoisotopic (exact) mass is 578 g/mol. The van der Waals surface area contributed by atoms with Crippen molar-refractivity contribution in [3.63, 3.8) is 0 Å². The van der Waals surface area contributed by atoms with E-state index in [9.17, 15) is 21.6 Å². The van der Waals surface area contributed by atoms with Crippen molar-refractivity contribution in [1.82, 2.24) is 0 Å². The van der Waals surface area contributed by atoms with Gasteiger partial charge in [0.15, 0.2) is 0 Å². The van der Waals surface area contributed by atoms with E-state index >= 15 is 0 Å². The normalized spacial score (nSPS) is 19.9. The molecule has 7 nitrogen and oxygen atoms in total. The van der Waals surface area contributed by atoms with Gasteiger partial charge in [-0.15, -0.1) is 6.58 Å². The van der Waals surface area contributed by atoms with Gasteiger partial charge in [-0.1, -0.05) is 78.9 Å². The molecule has 1 aliphatic heterocycles. The van der Waals surface area contributed by atoms with Crippen LogP contribution in [0.4, 0.5) is 13.2 Å². The Kier molecular flexibility index (Phi) is 9.32. The SMILES string of the molecule is C=CCO[C@@H]1[C@@H](OS(=O)(=O)C(F)(F)F)CO[C@@H]1COC(c1ccccc1)(c1ccccc1)c1ccc(OC)cc1. The van der Waals surface area contributed by atoms with Gasteiger partial charge in [-0.3, -0.25) is 4.18 Å². The summed E-state index contributed by atoms with van der Waals surface area (Å²) in [7, 11) is -4.32. The van der Waals surface area contributed by atoms with Crippen LogP contribution in [0.2, 0.25) is 0 Å². The van der Waals surface area contributed by atoms with E-state index in [0.29, 0.717) is 5.75 Å². The van der Waals surface area contributed by atoms with Gasteiger partial charge in [-0.05, 0) is 28.8 Å². The molecule has 11 heteroatoms. The Labute approximate surface area is 231 Å².